The van der Waals surface area contributed by atoms with Crippen LogP contribution in [-0.2, 0) is 19.9 Å². The predicted molar refractivity (Wildman–Crippen MR) is 110 cm³/mol. The maximum absolute atomic E-state index is 13.1. The molecule has 1 fully saturated rings. The molecule has 1 aliphatic rings. The lowest BCUT2D eigenvalue weighted by Crippen LogP contribution is -2.49. The van der Waals surface area contributed by atoms with Crippen molar-refractivity contribution in [1.29, 1.82) is 0 Å². The molecule has 5 amide bonds. The highest BCUT2D eigenvalue weighted by atomic mass is 16.2. The first-order valence-electron chi connectivity index (χ1n) is 9.71. The Morgan fingerprint density at radius 1 is 1.03 bits per heavy atom. The lowest BCUT2D eigenvalue weighted by Gasteiger charge is -2.25. The molecule has 0 aromatic heterocycles. The fourth-order valence-corrected chi connectivity index (χ4v) is 3.58. The number of carbonyl (C=O) groups excluding carboxylic acids is 4. The van der Waals surface area contributed by atoms with E-state index in [2.05, 4.69) is 16.1 Å². The average molecular weight is 408 g/mol. The van der Waals surface area contributed by atoms with Gasteiger partial charge in [0.05, 0.1) is 12.5 Å². The van der Waals surface area contributed by atoms with Gasteiger partial charge >= 0.3 is 6.03 Å². The largest absolute Gasteiger partial charge is 0.349 e. The zero-order valence-electron chi connectivity index (χ0n) is 16.8. The van der Waals surface area contributed by atoms with Gasteiger partial charge in [-0.2, -0.15) is 5.01 Å². The number of hydrogen-bond acceptors (Lipinski definition) is 4. The van der Waals surface area contributed by atoms with Gasteiger partial charge in [-0.1, -0.05) is 67.6 Å². The van der Waals surface area contributed by atoms with Crippen molar-refractivity contribution in [2.75, 3.05) is 0 Å². The van der Waals surface area contributed by atoms with Crippen LogP contribution in [0.2, 0.25) is 0 Å². The molecule has 8 heteroatoms. The molecule has 2 aromatic rings. The van der Waals surface area contributed by atoms with Crippen LogP contribution in [0.15, 0.2) is 60.7 Å². The van der Waals surface area contributed by atoms with Crippen LogP contribution in [0.4, 0.5) is 4.79 Å². The highest BCUT2D eigenvalue weighted by molar-refractivity contribution is 6.08. The minimum absolute atomic E-state index is 0.134. The Morgan fingerprint density at radius 2 is 1.63 bits per heavy atom. The van der Waals surface area contributed by atoms with Gasteiger partial charge in [0.15, 0.2) is 0 Å². The minimum atomic E-state index is -1.23. The lowest BCUT2D eigenvalue weighted by atomic mass is 9.87. The SMILES string of the molecule is CC[C@]1(c2ccccc2)NC(=O)N(NC(=O)C[C@@H](NC(C)=O)c2ccccc2)C1=O. The van der Waals surface area contributed by atoms with Crippen molar-refractivity contribution >= 4 is 23.8 Å². The Morgan fingerprint density at radius 3 is 2.20 bits per heavy atom. The van der Waals surface area contributed by atoms with Gasteiger partial charge in [0, 0.05) is 6.92 Å². The Hall–Kier alpha value is -3.68. The first kappa shape index (κ1) is 21.0. The number of hydrogen-bond donors (Lipinski definition) is 3. The maximum atomic E-state index is 13.1. The summed E-state index contributed by atoms with van der Waals surface area (Å²) in [5, 5.41) is 6.15. The van der Waals surface area contributed by atoms with Gasteiger partial charge in [0.25, 0.3) is 5.91 Å². The summed E-state index contributed by atoms with van der Waals surface area (Å²) in [4.78, 5) is 49.8. The van der Waals surface area contributed by atoms with Crippen LogP contribution >= 0.6 is 0 Å². The van der Waals surface area contributed by atoms with Crippen molar-refractivity contribution < 1.29 is 19.2 Å². The highest BCUT2D eigenvalue weighted by Gasteiger charge is 2.52. The number of rotatable bonds is 7. The van der Waals surface area contributed by atoms with Gasteiger partial charge in [-0.3, -0.25) is 19.8 Å². The fraction of sp³-hybridized carbons (Fsp3) is 0.273. The third kappa shape index (κ3) is 4.17. The number of carbonyl (C=O) groups is 4. The standard InChI is InChI=1S/C22H24N4O4/c1-3-22(17-12-8-5-9-13-17)20(29)26(21(30)24-22)25-19(28)14-18(23-15(2)27)16-10-6-4-7-11-16/h4-13,18H,3,14H2,1-2H3,(H,23,27)(H,24,30)(H,25,28)/t18-,22-/m1/s1. The van der Waals surface area contributed by atoms with Gasteiger partial charge in [-0.25, -0.2) is 4.79 Å². The van der Waals surface area contributed by atoms with E-state index < -0.39 is 29.4 Å². The molecule has 0 spiro atoms. The minimum Gasteiger partial charge on any atom is -0.349 e. The van der Waals surface area contributed by atoms with E-state index in [9.17, 15) is 19.2 Å². The first-order chi connectivity index (χ1) is 14.4. The van der Waals surface area contributed by atoms with Gasteiger partial charge < -0.3 is 10.6 Å². The highest BCUT2D eigenvalue weighted by Crippen LogP contribution is 2.31. The van der Waals surface area contributed by atoms with Crippen molar-refractivity contribution in [2.24, 2.45) is 0 Å². The van der Waals surface area contributed by atoms with Gasteiger partial charge in [-0.05, 0) is 17.5 Å². The van der Waals surface area contributed by atoms with Gasteiger partial charge in [0.1, 0.15) is 5.54 Å². The smallest absolute Gasteiger partial charge is 0.344 e. The van der Waals surface area contributed by atoms with Crippen molar-refractivity contribution in [3.63, 3.8) is 0 Å². The first-order valence-corrected chi connectivity index (χ1v) is 9.71. The van der Waals surface area contributed by atoms with E-state index in [0.29, 0.717) is 17.0 Å². The number of urea groups is 1. The van der Waals surface area contributed by atoms with E-state index in [1.54, 1.807) is 55.5 Å². The molecule has 30 heavy (non-hydrogen) atoms. The molecule has 3 N–H and O–H groups in total. The zero-order valence-corrected chi connectivity index (χ0v) is 16.8. The number of nitrogens with zero attached hydrogens (tertiary/aromatic N) is 1. The normalized spacial score (nSPS) is 19.2. The molecule has 2 atom stereocenters. The topological polar surface area (TPSA) is 108 Å². The number of nitrogens with one attached hydrogen (secondary N) is 3. The molecule has 3 rings (SSSR count). The van der Waals surface area contributed by atoms with Gasteiger partial charge in [0.2, 0.25) is 11.8 Å². The molecule has 0 bridgehead atoms. The van der Waals surface area contributed by atoms with E-state index in [0.717, 1.165) is 5.56 Å². The molecular weight excluding hydrogens is 384 g/mol. The molecule has 0 aliphatic carbocycles. The zero-order chi connectivity index (χ0) is 21.7. The van der Waals surface area contributed by atoms with Crippen LogP contribution in [0.3, 0.4) is 0 Å². The summed E-state index contributed by atoms with van der Waals surface area (Å²) in [6.45, 7) is 3.15. The summed E-state index contributed by atoms with van der Waals surface area (Å²) in [7, 11) is 0. The van der Waals surface area contributed by atoms with E-state index >= 15 is 0 Å². The molecule has 0 saturated carbocycles. The Bertz CT molecular complexity index is 948. The summed E-state index contributed by atoms with van der Waals surface area (Å²) in [5.41, 5.74) is 2.54. The van der Waals surface area contributed by atoms with Crippen LogP contribution in [0.25, 0.3) is 0 Å². The lowest BCUT2D eigenvalue weighted by molar-refractivity contribution is -0.139. The van der Waals surface area contributed by atoms with Crippen LogP contribution in [0.5, 0.6) is 0 Å². The maximum Gasteiger partial charge on any atom is 0.344 e. The summed E-state index contributed by atoms with van der Waals surface area (Å²) in [5.74, 6) is -1.41. The van der Waals surface area contributed by atoms with Crippen LogP contribution in [0.1, 0.15) is 43.9 Å². The molecule has 1 heterocycles. The number of imide groups is 1. The van der Waals surface area contributed by atoms with Crippen molar-refractivity contribution in [2.45, 2.75) is 38.3 Å². The second kappa shape index (κ2) is 8.77. The summed E-state index contributed by atoms with van der Waals surface area (Å²) in [6.07, 6.45) is 0.192. The Labute approximate surface area is 174 Å². The molecule has 2 aromatic carbocycles. The molecule has 156 valence electrons. The van der Waals surface area contributed by atoms with Crippen molar-refractivity contribution in [1.82, 2.24) is 21.1 Å². The second-order valence-corrected chi connectivity index (χ2v) is 7.10. The van der Waals surface area contributed by atoms with E-state index in [1.807, 2.05) is 12.1 Å². The Balaban J connectivity index is 1.76. The van der Waals surface area contributed by atoms with E-state index in [-0.39, 0.29) is 12.3 Å². The number of benzene rings is 2. The molecule has 0 radical (unpaired) electrons. The quantitative estimate of drug-likeness (QED) is 0.610. The Kier molecular flexibility index (Phi) is 6.15. The molecule has 8 nitrogen and oxygen atoms in total. The van der Waals surface area contributed by atoms with Crippen molar-refractivity contribution in [3.8, 4) is 0 Å². The van der Waals surface area contributed by atoms with Crippen molar-refractivity contribution in [3.05, 3.63) is 71.8 Å². The number of hydrazine groups is 1. The molecule has 0 unspecified atom stereocenters. The van der Waals surface area contributed by atoms with Crippen LogP contribution in [-0.4, -0.2) is 28.8 Å². The molecule has 1 saturated heterocycles. The van der Waals surface area contributed by atoms with E-state index in [1.165, 1.54) is 6.92 Å². The monoisotopic (exact) mass is 408 g/mol. The third-order valence-corrected chi connectivity index (χ3v) is 5.09. The third-order valence-electron chi connectivity index (χ3n) is 5.09. The summed E-state index contributed by atoms with van der Waals surface area (Å²) in [6, 6.07) is 16.6. The summed E-state index contributed by atoms with van der Waals surface area (Å²) >= 11 is 0. The fourth-order valence-electron chi connectivity index (χ4n) is 3.58. The average Bonchev–Trinajstić information content (AvgIpc) is 2.99. The molecular formula is C22H24N4O4. The van der Waals surface area contributed by atoms with E-state index in [4.69, 9.17) is 0 Å². The summed E-state index contributed by atoms with van der Waals surface area (Å²) < 4.78 is 0. The molecule has 1 aliphatic heterocycles. The predicted octanol–water partition coefficient (Wildman–Crippen LogP) is 2.14. The van der Waals surface area contributed by atoms with Crippen LogP contribution < -0.4 is 16.1 Å². The second-order valence-electron chi connectivity index (χ2n) is 7.10. The van der Waals surface area contributed by atoms with Gasteiger partial charge in [-0.15, -0.1) is 0 Å². The number of amides is 5. The van der Waals surface area contributed by atoms with Crippen LogP contribution in [0, 0.1) is 0 Å².